The molecule has 0 heterocycles. The van der Waals surface area contributed by atoms with Crippen molar-refractivity contribution in [2.75, 3.05) is 25.7 Å². The molecule has 0 radical (unpaired) electrons. The Morgan fingerprint density at radius 1 is 1.20 bits per heavy atom. The fourth-order valence-electron chi connectivity index (χ4n) is 1.23. The van der Waals surface area contributed by atoms with Gasteiger partial charge in [-0.3, -0.25) is 0 Å². The molecule has 0 fully saturated rings. The Kier molecular flexibility index (Phi) is 6.62. The minimum atomic E-state index is -4.39. The quantitative estimate of drug-likeness (QED) is 0.359. The van der Waals surface area contributed by atoms with E-state index in [1.165, 1.54) is 12.1 Å². The third-order valence-corrected chi connectivity index (χ3v) is 2.12. The van der Waals surface area contributed by atoms with Gasteiger partial charge >= 0.3 is 6.18 Å². The molecule has 0 aliphatic carbocycles. The molecular formula is C13H11ClF4O2. The topological polar surface area (TPSA) is 18.5 Å². The number of halogens is 5. The average molecular weight is 311 g/mol. The summed E-state index contributed by atoms with van der Waals surface area (Å²) in [6.45, 7) is -1.85. The van der Waals surface area contributed by atoms with Crippen LogP contribution in [-0.4, -0.2) is 31.9 Å². The first-order chi connectivity index (χ1) is 9.42. The third kappa shape index (κ3) is 6.64. The molecule has 0 amide bonds. The standard InChI is InChI=1S/C13H11ClF4O2/c14-5-1-2-10-3-4-11(15)12(8-10)20-7-6-19-9-13(16,17)18/h3-4,8H,5-7,9H2. The maximum atomic E-state index is 13.4. The van der Waals surface area contributed by atoms with Crippen LogP contribution in [0.4, 0.5) is 17.6 Å². The Labute approximate surface area is 118 Å². The Balaban J connectivity index is 2.47. The normalized spacial score (nSPS) is 10.8. The van der Waals surface area contributed by atoms with Crippen LogP contribution in [0.1, 0.15) is 5.56 Å². The van der Waals surface area contributed by atoms with Crippen molar-refractivity contribution in [2.24, 2.45) is 0 Å². The van der Waals surface area contributed by atoms with Crippen LogP contribution in [0.5, 0.6) is 5.75 Å². The number of rotatable bonds is 5. The Morgan fingerprint density at radius 3 is 2.60 bits per heavy atom. The molecule has 0 saturated heterocycles. The van der Waals surface area contributed by atoms with Crippen molar-refractivity contribution in [3.63, 3.8) is 0 Å². The van der Waals surface area contributed by atoms with Gasteiger partial charge in [0, 0.05) is 5.56 Å². The zero-order valence-corrected chi connectivity index (χ0v) is 11.0. The summed E-state index contributed by atoms with van der Waals surface area (Å²) in [7, 11) is 0. The molecular weight excluding hydrogens is 300 g/mol. The lowest BCUT2D eigenvalue weighted by molar-refractivity contribution is -0.175. The van der Waals surface area contributed by atoms with Gasteiger partial charge in [-0.15, -0.1) is 11.6 Å². The van der Waals surface area contributed by atoms with Gasteiger partial charge in [0.25, 0.3) is 0 Å². The van der Waals surface area contributed by atoms with Crippen LogP contribution in [0.15, 0.2) is 18.2 Å². The van der Waals surface area contributed by atoms with Gasteiger partial charge in [0.15, 0.2) is 11.6 Å². The van der Waals surface area contributed by atoms with Crippen molar-refractivity contribution in [1.82, 2.24) is 0 Å². The highest BCUT2D eigenvalue weighted by molar-refractivity contribution is 6.19. The maximum Gasteiger partial charge on any atom is 0.411 e. The summed E-state index contributed by atoms with van der Waals surface area (Å²) in [5, 5.41) is 0. The first kappa shape index (κ1) is 16.6. The number of hydrogen-bond acceptors (Lipinski definition) is 2. The minimum absolute atomic E-state index is 0.0954. The van der Waals surface area contributed by atoms with Gasteiger partial charge in [-0.05, 0) is 18.2 Å². The molecule has 20 heavy (non-hydrogen) atoms. The second-order valence-corrected chi connectivity index (χ2v) is 3.86. The predicted octanol–water partition coefficient (Wildman–Crippen LogP) is 3.37. The molecule has 7 heteroatoms. The van der Waals surface area contributed by atoms with E-state index in [9.17, 15) is 17.6 Å². The fourth-order valence-corrected chi connectivity index (χ4v) is 1.29. The van der Waals surface area contributed by atoms with Gasteiger partial charge in [-0.2, -0.15) is 13.2 Å². The third-order valence-electron chi connectivity index (χ3n) is 1.98. The predicted molar refractivity (Wildman–Crippen MR) is 66.4 cm³/mol. The van der Waals surface area contributed by atoms with E-state index in [4.69, 9.17) is 16.3 Å². The number of benzene rings is 1. The van der Waals surface area contributed by atoms with Crippen LogP contribution in [0.3, 0.4) is 0 Å². The van der Waals surface area contributed by atoms with Gasteiger partial charge in [0.1, 0.15) is 13.2 Å². The number of ether oxygens (including phenoxy) is 2. The molecule has 0 aliphatic rings. The highest BCUT2D eigenvalue weighted by atomic mass is 35.5. The van der Waals surface area contributed by atoms with E-state index in [-0.39, 0.29) is 24.8 Å². The van der Waals surface area contributed by atoms with Crippen LogP contribution in [-0.2, 0) is 4.74 Å². The monoisotopic (exact) mass is 310 g/mol. The summed E-state index contributed by atoms with van der Waals surface area (Å²) in [4.78, 5) is 0. The molecule has 0 unspecified atom stereocenters. The van der Waals surface area contributed by atoms with Crippen molar-refractivity contribution < 1.29 is 27.0 Å². The van der Waals surface area contributed by atoms with Gasteiger partial charge in [0.05, 0.1) is 12.5 Å². The van der Waals surface area contributed by atoms with E-state index in [2.05, 4.69) is 16.6 Å². The van der Waals surface area contributed by atoms with Crippen LogP contribution >= 0.6 is 11.6 Å². The lowest BCUT2D eigenvalue weighted by Crippen LogP contribution is -2.19. The average Bonchev–Trinajstić information content (AvgIpc) is 2.37. The highest BCUT2D eigenvalue weighted by Gasteiger charge is 2.27. The van der Waals surface area contributed by atoms with Gasteiger partial charge in [-0.1, -0.05) is 11.8 Å². The minimum Gasteiger partial charge on any atom is -0.488 e. The summed E-state index contributed by atoms with van der Waals surface area (Å²) >= 11 is 5.39. The lowest BCUT2D eigenvalue weighted by Gasteiger charge is -2.09. The molecule has 110 valence electrons. The van der Waals surface area contributed by atoms with Gasteiger partial charge in [-0.25, -0.2) is 4.39 Å². The first-order valence-corrected chi connectivity index (χ1v) is 6.07. The summed E-state index contributed by atoms with van der Waals surface area (Å²) in [5.41, 5.74) is 0.498. The second kappa shape index (κ2) is 7.98. The maximum absolute atomic E-state index is 13.4. The van der Waals surface area contributed by atoms with E-state index in [0.29, 0.717) is 5.56 Å². The summed E-state index contributed by atoms with van der Waals surface area (Å²) in [5.74, 6) is 4.68. The van der Waals surface area contributed by atoms with Crippen LogP contribution in [0.25, 0.3) is 0 Å². The van der Waals surface area contributed by atoms with E-state index < -0.39 is 18.6 Å². The summed E-state index contributed by atoms with van der Waals surface area (Å²) in [6, 6.07) is 3.95. The van der Waals surface area contributed by atoms with Gasteiger partial charge in [0.2, 0.25) is 0 Å². The molecule has 0 aromatic heterocycles. The fraction of sp³-hybridized carbons (Fsp3) is 0.385. The lowest BCUT2D eigenvalue weighted by atomic mass is 10.2. The molecule has 2 nitrogen and oxygen atoms in total. The Bertz CT molecular complexity index is 491. The molecule has 0 spiro atoms. The number of alkyl halides is 4. The molecule has 0 aliphatic heterocycles. The van der Waals surface area contributed by atoms with Crippen molar-refractivity contribution in [1.29, 1.82) is 0 Å². The largest absolute Gasteiger partial charge is 0.488 e. The SMILES string of the molecule is Fc1ccc(C#CCCl)cc1OCCOCC(F)(F)F. The highest BCUT2D eigenvalue weighted by Crippen LogP contribution is 2.18. The first-order valence-electron chi connectivity index (χ1n) is 5.54. The zero-order valence-electron chi connectivity index (χ0n) is 10.3. The van der Waals surface area contributed by atoms with Crippen LogP contribution in [0, 0.1) is 17.7 Å². The van der Waals surface area contributed by atoms with Crippen molar-refractivity contribution in [2.45, 2.75) is 6.18 Å². The van der Waals surface area contributed by atoms with Crippen molar-refractivity contribution in [3.05, 3.63) is 29.6 Å². The summed E-state index contributed by atoms with van der Waals surface area (Å²) < 4.78 is 58.1. The molecule has 1 rings (SSSR count). The molecule has 1 aromatic carbocycles. The zero-order chi connectivity index (χ0) is 15.0. The smallest absolute Gasteiger partial charge is 0.411 e. The van der Waals surface area contributed by atoms with E-state index in [1.807, 2.05) is 0 Å². The molecule has 1 aromatic rings. The Morgan fingerprint density at radius 2 is 1.95 bits per heavy atom. The Hall–Kier alpha value is -1.45. The molecule has 0 bridgehead atoms. The number of hydrogen-bond donors (Lipinski definition) is 0. The van der Waals surface area contributed by atoms with E-state index in [1.54, 1.807) is 0 Å². The van der Waals surface area contributed by atoms with Crippen LogP contribution in [0.2, 0.25) is 0 Å². The van der Waals surface area contributed by atoms with E-state index >= 15 is 0 Å². The molecule has 0 saturated carbocycles. The van der Waals surface area contributed by atoms with Gasteiger partial charge < -0.3 is 9.47 Å². The van der Waals surface area contributed by atoms with Crippen LogP contribution < -0.4 is 4.74 Å². The summed E-state index contributed by atoms with van der Waals surface area (Å²) in [6.07, 6.45) is -4.39. The second-order valence-electron chi connectivity index (χ2n) is 3.60. The molecule has 0 N–H and O–H groups in total. The van der Waals surface area contributed by atoms with Crippen molar-refractivity contribution in [3.8, 4) is 17.6 Å². The molecule has 0 atom stereocenters. The van der Waals surface area contributed by atoms with Crippen molar-refractivity contribution >= 4 is 11.6 Å². The van der Waals surface area contributed by atoms with E-state index in [0.717, 1.165) is 6.07 Å².